The SMILES string of the molecule is O=C(O)C1CCCC(Nc2cc(F)cc(F)c2[N+](=O)[O-])C1. The number of halogens is 2. The van der Waals surface area contributed by atoms with Crippen molar-refractivity contribution in [1.29, 1.82) is 0 Å². The highest BCUT2D eigenvalue weighted by molar-refractivity contribution is 5.70. The average molecular weight is 300 g/mol. The van der Waals surface area contributed by atoms with E-state index in [2.05, 4.69) is 5.32 Å². The number of aliphatic carboxylic acids is 1. The lowest BCUT2D eigenvalue weighted by Crippen LogP contribution is -2.31. The highest BCUT2D eigenvalue weighted by Crippen LogP contribution is 2.33. The van der Waals surface area contributed by atoms with E-state index >= 15 is 0 Å². The number of hydrogen-bond acceptors (Lipinski definition) is 4. The summed E-state index contributed by atoms with van der Waals surface area (Å²) in [5, 5.41) is 22.6. The smallest absolute Gasteiger partial charge is 0.327 e. The van der Waals surface area contributed by atoms with Gasteiger partial charge in [-0.05, 0) is 19.3 Å². The predicted octanol–water partition coefficient (Wildman–Crippen LogP) is 2.93. The maximum Gasteiger partial charge on any atom is 0.327 e. The fourth-order valence-corrected chi connectivity index (χ4v) is 2.63. The van der Waals surface area contributed by atoms with Crippen molar-refractivity contribution >= 4 is 17.3 Å². The summed E-state index contributed by atoms with van der Waals surface area (Å²) in [6.07, 6.45) is 2.04. The summed E-state index contributed by atoms with van der Waals surface area (Å²) in [6, 6.07) is 0.940. The minimum absolute atomic E-state index is 0.256. The van der Waals surface area contributed by atoms with Crippen molar-refractivity contribution in [3.63, 3.8) is 0 Å². The standard InChI is InChI=1S/C13H14F2N2O4/c14-8-5-10(15)12(17(20)21)11(6-8)16-9-3-1-2-7(4-9)13(18)19/h5-7,9,16H,1-4H2,(H,18,19). The Balaban J connectivity index is 2.23. The summed E-state index contributed by atoms with van der Waals surface area (Å²) >= 11 is 0. The van der Waals surface area contributed by atoms with Crippen molar-refractivity contribution in [2.45, 2.75) is 31.7 Å². The molecule has 2 rings (SSSR count). The van der Waals surface area contributed by atoms with Gasteiger partial charge in [0.15, 0.2) is 0 Å². The van der Waals surface area contributed by atoms with Crippen molar-refractivity contribution in [2.75, 3.05) is 5.32 Å². The van der Waals surface area contributed by atoms with E-state index in [1.165, 1.54) is 0 Å². The van der Waals surface area contributed by atoms with Crippen LogP contribution in [0.2, 0.25) is 0 Å². The molecule has 2 atom stereocenters. The molecule has 21 heavy (non-hydrogen) atoms. The number of hydrogen-bond donors (Lipinski definition) is 2. The van der Waals surface area contributed by atoms with Crippen LogP contribution in [0.25, 0.3) is 0 Å². The lowest BCUT2D eigenvalue weighted by atomic mass is 9.85. The molecular formula is C13H14F2N2O4. The number of nitro benzene ring substituents is 1. The number of anilines is 1. The summed E-state index contributed by atoms with van der Waals surface area (Å²) in [5.74, 6) is -3.66. The van der Waals surface area contributed by atoms with Crippen molar-refractivity contribution in [3.8, 4) is 0 Å². The normalized spacial score (nSPS) is 21.8. The third kappa shape index (κ3) is 3.45. The highest BCUT2D eigenvalue weighted by atomic mass is 19.1. The van der Waals surface area contributed by atoms with Crippen LogP contribution in [0.3, 0.4) is 0 Å². The van der Waals surface area contributed by atoms with E-state index in [0.29, 0.717) is 25.3 Å². The van der Waals surface area contributed by atoms with E-state index in [4.69, 9.17) is 5.11 Å². The molecule has 8 heteroatoms. The van der Waals surface area contributed by atoms with E-state index in [0.717, 1.165) is 6.07 Å². The van der Waals surface area contributed by atoms with Crippen LogP contribution in [0.1, 0.15) is 25.7 Å². The molecule has 2 N–H and O–H groups in total. The molecule has 114 valence electrons. The molecule has 6 nitrogen and oxygen atoms in total. The van der Waals surface area contributed by atoms with Crippen LogP contribution >= 0.6 is 0 Å². The van der Waals surface area contributed by atoms with Gasteiger partial charge in [0, 0.05) is 18.2 Å². The summed E-state index contributed by atoms with van der Waals surface area (Å²) in [7, 11) is 0. The number of carboxylic acids is 1. The molecule has 0 aliphatic heterocycles. The van der Waals surface area contributed by atoms with Crippen LogP contribution in [-0.4, -0.2) is 22.0 Å². The molecule has 0 spiro atoms. The largest absolute Gasteiger partial charge is 0.481 e. The second-order valence-electron chi connectivity index (χ2n) is 5.08. The van der Waals surface area contributed by atoms with E-state index < -0.39 is 34.1 Å². The first-order valence-corrected chi connectivity index (χ1v) is 6.51. The first-order valence-electron chi connectivity index (χ1n) is 6.51. The summed E-state index contributed by atoms with van der Waals surface area (Å²) in [6.45, 7) is 0. The third-order valence-corrected chi connectivity index (χ3v) is 3.59. The lowest BCUT2D eigenvalue weighted by molar-refractivity contribution is -0.386. The topological polar surface area (TPSA) is 92.5 Å². The number of nitro groups is 1. The zero-order valence-electron chi connectivity index (χ0n) is 11.0. The summed E-state index contributed by atoms with van der Waals surface area (Å²) in [5.41, 5.74) is -1.08. The van der Waals surface area contributed by atoms with Gasteiger partial charge in [-0.25, -0.2) is 4.39 Å². The van der Waals surface area contributed by atoms with Crippen LogP contribution in [0.4, 0.5) is 20.2 Å². The first kappa shape index (κ1) is 15.1. The van der Waals surface area contributed by atoms with Gasteiger partial charge < -0.3 is 10.4 Å². The maximum absolute atomic E-state index is 13.5. The van der Waals surface area contributed by atoms with E-state index in [-0.39, 0.29) is 18.2 Å². The van der Waals surface area contributed by atoms with Gasteiger partial charge >= 0.3 is 11.7 Å². The first-order chi connectivity index (χ1) is 9.88. The van der Waals surface area contributed by atoms with Gasteiger partial charge in [0.1, 0.15) is 11.5 Å². The number of nitrogens with one attached hydrogen (secondary N) is 1. The molecule has 1 aliphatic carbocycles. The molecule has 1 aromatic rings. The van der Waals surface area contributed by atoms with E-state index in [1.807, 2.05) is 0 Å². The molecule has 2 unspecified atom stereocenters. The monoisotopic (exact) mass is 300 g/mol. The van der Waals surface area contributed by atoms with Crippen molar-refractivity contribution in [2.24, 2.45) is 5.92 Å². The number of benzene rings is 1. The molecule has 0 radical (unpaired) electrons. The molecule has 1 aromatic carbocycles. The van der Waals surface area contributed by atoms with E-state index in [1.54, 1.807) is 0 Å². The molecule has 0 bridgehead atoms. The molecular weight excluding hydrogens is 286 g/mol. The van der Waals surface area contributed by atoms with E-state index in [9.17, 15) is 23.7 Å². The number of carbonyl (C=O) groups is 1. The summed E-state index contributed by atoms with van der Waals surface area (Å²) in [4.78, 5) is 20.9. The minimum atomic E-state index is -1.26. The van der Waals surface area contributed by atoms with Gasteiger partial charge in [0.05, 0.1) is 10.8 Å². The molecule has 1 saturated carbocycles. The van der Waals surface area contributed by atoms with Crippen LogP contribution < -0.4 is 5.32 Å². The molecule has 0 saturated heterocycles. The number of nitrogens with zero attached hydrogens (tertiary/aromatic N) is 1. The Kier molecular flexibility index (Phi) is 4.35. The number of carboxylic acid groups (broad SMARTS) is 1. The Hall–Kier alpha value is -2.25. The lowest BCUT2D eigenvalue weighted by Gasteiger charge is -2.28. The van der Waals surface area contributed by atoms with Gasteiger partial charge in [-0.3, -0.25) is 14.9 Å². The van der Waals surface area contributed by atoms with Crippen LogP contribution in [0, 0.1) is 27.7 Å². The summed E-state index contributed by atoms with van der Waals surface area (Å²) < 4.78 is 26.7. The second-order valence-corrected chi connectivity index (χ2v) is 5.08. The maximum atomic E-state index is 13.5. The van der Waals surface area contributed by atoms with Crippen molar-refractivity contribution < 1.29 is 23.6 Å². The Morgan fingerprint density at radius 2 is 2.10 bits per heavy atom. The molecule has 0 amide bonds. The van der Waals surface area contributed by atoms with Crippen molar-refractivity contribution in [1.82, 2.24) is 0 Å². The fraction of sp³-hybridized carbons (Fsp3) is 0.462. The zero-order valence-corrected chi connectivity index (χ0v) is 11.0. The van der Waals surface area contributed by atoms with Gasteiger partial charge in [-0.15, -0.1) is 0 Å². The molecule has 1 aliphatic rings. The van der Waals surface area contributed by atoms with Gasteiger partial charge in [-0.2, -0.15) is 4.39 Å². The zero-order chi connectivity index (χ0) is 15.6. The van der Waals surface area contributed by atoms with Gasteiger partial charge in [0.2, 0.25) is 5.82 Å². The Morgan fingerprint density at radius 1 is 1.38 bits per heavy atom. The predicted molar refractivity (Wildman–Crippen MR) is 70.0 cm³/mol. The quantitative estimate of drug-likeness (QED) is 0.659. The van der Waals surface area contributed by atoms with Gasteiger partial charge in [0.25, 0.3) is 0 Å². The van der Waals surface area contributed by atoms with Crippen LogP contribution in [0.5, 0.6) is 0 Å². The minimum Gasteiger partial charge on any atom is -0.481 e. The fourth-order valence-electron chi connectivity index (χ4n) is 2.63. The highest BCUT2D eigenvalue weighted by Gasteiger charge is 2.29. The van der Waals surface area contributed by atoms with Crippen LogP contribution in [0.15, 0.2) is 12.1 Å². The Morgan fingerprint density at radius 3 is 2.71 bits per heavy atom. The number of rotatable bonds is 4. The third-order valence-electron chi connectivity index (χ3n) is 3.59. The van der Waals surface area contributed by atoms with Crippen LogP contribution in [-0.2, 0) is 4.79 Å². The molecule has 0 aromatic heterocycles. The average Bonchev–Trinajstić information content (AvgIpc) is 2.37. The Labute approximate surface area is 118 Å². The Bertz CT molecular complexity index is 580. The van der Waals surface area contributed by atoms with Crippen molar-refractivity contribution in [3.05, 3.63) is 33.9 Å². The second kappa shape index (κ2) is 6.02. The molecule has 0 heterocycles. The van der Waals surface area contributed by atoms with Gasteiger partial charge in [-0.1, -0.05) is 6.42 Å². The molecule has 1 fully saturated rings.